The second-order valence-electron chi connectivity index (χ2n) is 5.72. The topological polar surface area (TPSA) is 81.8 Å². The molecule has 3 aliphatic carbocycles. The molecule has 4 fully saturated rings. The van der Waals surface area contributed by atoms with E-state index in [4.69, 9.17) is 4.74 Å². The van der Waals surface area contributed by atoms with Crippen LogP contribution in [-0.2, 0) is 32.5 Å². The van der Waals surface area contributed by atoms with E-state index in [9.17, 15) is 15.2 Å². The van der Waals surface area contributed by atoms with Gasteiger partial charge in [0.05, 0.1) is 0 Å². The maximum absolute atomic E-state index is 10.2. The molecular weight excluding hydrogens is 427 g/mol. The van der Waals surface area contributed by atoms with Crippen LogP contribution in [0.25, 0.3) is 0 Å². The molecule has 98 valence electrons. The summed E-state index contributed by atoms with van der Waals surface area (Å²) in [5.74, 6) is 2.40. The van der Waals surface area contributed by atoms with E-state index < -0.39 is 30.1 Å². The SMILES string of the molecule is O=[N+]([O-])[O][Hg][CH2][C@@H]1[C@@H]2CC[C@H]3[C@H](CO[C@@H]13)[C@H]2CO. The van der Waals surface area contributed by atoms with E-state index in [1.165, 1.54) is 6.42 Å². The third-order valence-electron chi connectivity index (χ3n) is 5.22. The summed E-state index contributed by atoms with van der Waals surface area (Å²) < 4.78 is 11.5. The molecule has 6 atom stereocenters. The minimum absolute atomic E-state index is 0.241. The minimum atomic E-state index is -1.87. The molecule has 0 aromatic rings. The van der Waals surface area contributed by atoms with E-state index >= 15 is 0 Å². The van der Waals surface area contributed by atoms with Crippen molar-refractivity contribution in [2.24, 2.45) is 29.6 Å². The molecule has 1 saturated heterocycles. The van der Waals surface area contributed by atoms with Gasteiger partial charge >= 0.3 is 118 Å². The third kappa shape index (κ3) is 2.06. The molecule has 0 aromatic heterocycles. The number of fused-ring (bicyclic) bond motifs is 1. The Balaban J connectivity index is 1.68. The van der Waals surface area contributed by atoms with Gasteiger partial charge in [0, 0.05) is 0 Å². The van der Waals surface area contributed by atoms with Crippen LogP contribution < -0.4 is 0 Å². The van der Waals surface area contributed by atoms with Gasteiger partial charge < -0.3 is 0 Å². The van der Waals surface area contributed by atoms with Crippen molar-refractivity contribution in [1.82, 2.24) is 0 Å². The molecule has 0 radical (unpaired) electrons. The molecule has 1 aliphatic heterocycles. The monoisotopic (exact) mass is 445 g/mol. The van der Waals surface area contributed by atoms with Gasteiger partial charge in [-0.2, -0.15) is 0 Å². The number of aliphatic hydroxyl groups is 1. The van der Waals surface area contributed by atoms with Crippen LogP contribution in [0.5, 0.6) is 0 Å². The van der Waals surface area contributed by atoms with Crippen LogP contribution in [0.3, 0.4) is 0 Å². The van der Waals surface area contributed by atoms with Crippen molar-refractivity contribution in [3.63, 3.8) is 0 Å². The van der Waals surface area contributed by atoms with Crippen LogP contribution in [0.1, 0.15) is 12.8 Å². The van der Waals surface area contributed by atoms with E-state index in [0.29, 0.717) is 35.7 Å². The summed E-state index contributed by atoms with van der Waals surface area (Å²) in [6.45, 7) is 1.02. The summed E-state index contributed by atoms with van der Waals surface area (Å²) in [6, 6.07) is 0. The van der Waals surface area contributed by atoms with Crippen LogP contribution >= 0.6 is 0 Å². The first-order chi connectivity index (χ1) is 8.72. The molecule has 1 heterocycles. The van der Waals surface area contributed by atoms with Crippen molar-refractivity contribution in [2.45, 2.75) is 22.9 Å². The van der Waals surface area contributed by atoms with Crippen LogP contribution in [0.15, 0.2) is 0 Å². The standard InChI is InChI=1S/C11H17O2.Hg.NO3/c1-6-7-2-3-8-10(9(7)4-12)5-13-11(6)8;;2-1(3)4/h6-12H,1-5H2;;/q;+1;-1/t6-,7+,8+,9+,10+,11+;;/m1../s1. The van der Waals surface area contributed by atoms with Gasteiger partial charge in [-0.3, -0.25) is 0 Å². The van der Waals surface area contributed by atoms with Gasteiger partial charge in [0.2, 0.25) is 0 Å². The van der Waals surface area contributed by atoms with Crippen molar-refractivity contribution in [3.05, 3.63) is 10.1 Å². The fourth-order valence-corrected chi connectivity index (χ4v) is 9.57. The molecule has 7 heteroatoms. The molecule has 18 heavy (non-hydrogen) atoms. The first kappa shape index (κ1) is 13.1. The van der Waals surface area contributed by atoms with Crippen molar-refractivity contribution in [2.75, 3.05) is 13.2 Å². The zero-order valence-electron chi connectivity index (χ0n) is 10.2. The number of hydrogen-bond donors (Lipinski definition) is 1. The predicted molar refractivity (Wildman–Crippen MR) is 56.4 cm³/mol. The molecule has 0 aromatic carbocycles. The molecule has 0 spiro atoms. The molecule has 0 amide bonds. The molecule has 4 bridgehead atoms. The Bertz CT molecular complexity index is 341. The van der Waals surface area contributed by atoms with Crippen molar-refractivity contribution >= 4 is 0 Å². The van der Waals surface area contributed by atoms with Gasteiger partial charge in [0.1, 0.15) is 0 Å². The molecule has 1 N–H and O–H groups in total. The molecule has 0 unspecified atom stereocenters. The Labute approximate surface area is 118 Å². The maximum atomic E-state index is 10.2. The quantitative estimate of drug-likeness (QED) is 0.388. The van der Waals surface area contributed by atoms with Gasteiger partial charge in [0.15, 0.2) is 0 Å². The summed E-state index contributed by atoms with van der Waals surface area (Å²) >= 11 is -1.87. The first-order valence-corrected chi connectivity index (χ1v) is 12.9. The van der Waals surface area contributed by atoms with Crippen molar-refractivity contribution < 1.29 is 42.7 Å². The second kappa shape index (κ2) is 5.21. The number of ether oxygens (including phenoxy) is 1. The first-order valence-electron chi connectivity index (χ1n) is 6.72. The van der Waals surface area contributed by atoms with Crippen molar-refractivity contribution in [3.8, 4) is 0 Å². The number of rotatable bonds is 5. The number of hydrogen-bond acceptors (Lipinski definition) is 5. The van der Waals surface area contributed by atoms with Crippen molar-refractivity contribution in [1.29, 1.82) is 0 Å². The summed E-state index contributed by atoms with van der Waals surface area (Å²) in [5, 5.41) is 19.2. The van der Waals surface area contributed by atoms with Gasteiger partial charge in [0.25, 0.3) is 0 Å². The third-order valence-corrected chi connectivity index (χ3v) is 10.3. The average Bonchev–Trinajstić information content (AvgIpc) is 2.73. The predicted octanol–water partition coefficient (Wildman–Crippen LogP) is 0.890. The van der Waals surface area contributed by atoms with Gasteiger partial charge in [-0.05, 0) is 0 Å². The Hall–Kier alpha value is 0.0551. The van der Waals surface area contributed by atoms with E-state index in [1.54, 1.807) is 0 Å². The number of nitrogens with zero attached hydrogens (tertiary/aromatic N) is 1. The van der Waals surface area contributed by atoms with Crippen LogP contribution in [0, 0.1) is 39.7 Å². The van der Waals surface area contributed by atoms with Gasteiger partial charge in [-0.1, -0.05) is 0 Å². The molecule has 4 rings (SSSR count). The van der Waals surface area contributed by atoms with E-state index in [2.05, 4.69) is 2.75 Å². The molecule has 3 saturated carbocycles. The average molecular weight is 444 g/mol. The van der Waals surface area contributed by atoms with E-state index in [-0.39, 0.29) is 6.61 Å². The Morgan fingerprint density at radius 3 is 2.83 bits per heavy atom. The normalized spacial score (nSPS) is 44.7. The Kier molecular flexibility index (Phi) is 3.78. The van der Waals surface area contributed by atoms with Crippen LogP contribution in [-0.4, -0.2) is 29.5 Å². The summed E-state index contributed by atoms with van der Waals surface area (Å²) in [5.41, 5.74) is 0. The van der Waals surface area contributed by atoms with Crippen LogP contribution in [0.2, 0.25) is 3.93 Å². The second-order valence-corrected chi connectivity index (χ2v) is 10.6. The zero-order chi connectivity index (χ0) is 12.7. The fraction of sp³-hybridized carbons (Fsp3) is 1.00. The Morgan fingerprint density at radius 2 is 2.11 bits per heavy atom. The number of aliphatic hydroxyl groups excluding tert-OH is 1. The van der Waals surface area contributed by atoms with Crippen LogP contribution in [0.4, 0.5) is 0 Å². The van der Waals surface area contributed by atoms with E-state index in [0.717, 1.165) is 17.0 Å². The molecule has 6 nitrogen and oxygen atoms in total. The fourth-order valence-electron chi connectivity index (χ4n) is 4.58. The Morgan fingerprint density at radius 1 is 1.33 bits per heavy atom. The molecule has 4 aliphatic rings. The van der Waals surface area contributed by atoms with Gasteiger partial charge in [-0.15, -0.1) is 0 Å². The molecular formula is C11H17HgNO5. The summed E-state index contributed by atoms with van der Waals surface area (Å²) in [4.78, 5) is 10.2. The summed E-state index contributed by atoms with van der Waals surface area (Å²) in [7, 11) is 0. The zero-order valence-corrected chi connectivity index (χ0v) is 15.7. The summed E-state index contributed by atoms with van der Waals surface area (Å²) in [6.07, 6.45) is 2.66. The van der Waals surface area contributed by atoms with Gasteiger partial charge in [-0.25, -0.2) is 0 Å². The van der Waals surface area contributed by atoms with E-state index in [1.807, 2.05) is 0 Å².